The third kappa shape index (κ3) is 4.23. The first-order valence-corrected chi connectivity index (χ1v) is 5.56. The second-order valence-corrected chi connectivity index (χ2v) is 4.47. The largest absolute Gasteiger partial charge is 0.352 e. The summed E-state index contributed by atoms with van der Waals surface area (Å²) in [5.41, 5.74) is 0. The van der Waals surface area contributed by atoms with Crippen LogP contribution < -0.4 is 5.32 Å². The Morgan fingerprint density at radius 3 is 3.00 bits per heavy atom. The molecule has 0 unspecified atom stereocenters. The highest BCUT2D eigenvalue weighted by Gasteiger charge is 1.97. The molecule has 0 fully saturated rings. The summed E-state index contributed by atoms with van der Waals surface area (Å²) in [6.45, 7) is 4.88. The molecule has 1 amide bonds. The van der Waals surface area contributed by atoms with Crippen LogP contribution in [-0.2, 0) is 4.79 Å². The van der Waals surface area contributed by atoms with E-state index in [0.717, 1.165) is 11.4 Å². The monoisotopic (exact) mass is 209 g/mol. The van der Waals surface area contributed by atoms with Gasteiger partial charge in [-0.3, -0.25) is 4.79 Å². The number of thiophene rings is 1. The van der Waals surface area contributed by atoms with Gasteiger partial charge >= 0.3 is 0 Å². The van der Waals surface area contributed by atoms with Crippen molar-refractivity contribution >= 4 is 23.3 Å². The molecule has 0 saturated heterocycles. The van der Waals surface area contributed by atoms with Gasteiger partial charge in [-0.2, -0.15) is 0 Å². The van der Waals surface area contributed by atoms with Crippen LogP contribution in [-0.4, -0.2) is 12.5 Å². The lowest BCUT2D eigenvalue weighted by atomic mass is 10.2. The molecule has 14 heavy (non-hydrogen) atoms. The first-order valence-electron chi connectivity index (χ1n) is 4.68. The fourth-order valence-corrected chi connectivity index (χ4v) is 1.53. The number of hydrogen-bond acceptors (Lipinski definition) is 2. The van der Waals surface area contributed by atoms with E-state index in [1.807, 2.05) is 23.6 Å². The number of carbonyl (C=O) groups is 1. The number of nitrogens with one attached hydrogen (secondary N) is 1. The predicted octanol–water partition coefficient (Wildman–Crippen LogP) is 2.53. The van der Waals surface area contributed by atoms with Crippen LogP contribution in [0.2, 0.25) is 0 Å². The van der Waals surface area contributed by atoms with Gasteiger partial charge in [-0.15, -0.1) is 11.3 Å². The molecule has 3 heteroatoms. The molecule has 76 valence electrons. The second kappa shape index (κ2) is 5.60. The third-order valence-electron chi connectivity index (χ3n) is 1.63. The second-order valence-electron chi connectivity index (χ2n) is 3.49. The van der Waals surface area contributed by atoms with Crippen molar-refractivity contribution in [1.29, 1.82) is 0 Å². The van der Waals surface area contributed by atoms with Gasteiger partial charge in [0.25, 0.3) is 0 Å². The first-order chi connectivity index (χ1) is 6.68. The van der Waals surface area contributed by atoms with E-state index >= 15 is 0 Å². The maximum atomic E-state index is 11.2. The highest BCUT2D eigenvalue weighted by molar-refractivity contribution is 7.10. The number of carbonyl (C=O) groups excluding carboxylic acids is 1. The smallest absolute Gasteiger partial charge is 0.244 e. The van der Waals surface area contributed by atoms with Crippen molar-refractivity contribution < 1.29 is 4.79 Å². The van der Waals surface area contributed by atoms with Crippen molar-refractivity contribution in [3.63, 3.8) is 0 Å². The highest BCUT2D eigenvalue weighted by atomic mass is 32.1. The zero-order valence-electron chi connectivity index (χ0n) is 8.49. The summed E-state index contributed by atoms with van der Waals surface area (Å²) in [5.74, 6) is 0.473. The number of amides is 1. The van der Waals surface area contributed by atoms with Gasteiger partial charge in [-0.1, -0.05) is 19.9 Å². The average Bonchev–Trinajstić information content (AvgIpc) is 2.63. The first kappa shape index (κ1) is 11.0. The minimum absolute atomic E-state index is 0.0212. The molecule has 2 nitrogen and oxygen atoms in total. The Balaban J connectivity index is 2.34. The zero-order chi connectivity index (χ0) is 10.4. The molecular weight excluding hydrogens is 194 g/mol. The molecule has 0 aliphatic carbocycles. The molecule has 0 spiro atoms. The molecular formula is C11H15NOS. The molecule has 1 aromatic heterocycles. The van der Waals surface area contributed by atoms with Crippen LogP contribution in [0.15, 0.2) is 23.6 Å². The summed E-state index contributed by atoms with van der Waals surface area (Å²) in [7, 11) is 0. The minimum atomic E-state index is -0.0212. The number of rotatable bonds is 4. The van der Waals surface area contributed by atoms with Crippen molar-refractivity contribution in [3.8, 4) is 0 Å². The van der Waals surface area contributed by atoms with E-state index in [1.54, 1.807) is 17.4 Å². The van der Waals surface area contributed by atoms with Gasteiger partial charge in [-0.05, 0) is 23.4 Å². The Kier molecular flexibility index (Phi) is 4.40. The highest BCUT2D eigenvalue weighted by Crippen LogP contribution is 2.09. The molecule has 1 rings (SSSR count). The molecule has 0 aliphatic rings. The van der Waals surface area contributed by atoms with E-state index in [1.165, 1.54) is 0 Å². The van der Waals surface area contributed by atoms with Crippen LogP contribution >= 0.6 is 11.3 Å². The maximum Gasteiger partial charge on any atom is 0.244 e. The molecule has 1 aromatic rings. The van der Waals surface area contributed by atoms with E-state index in [4.69, 9.17) is 0 Å². The van der Waals surface area contributed by atoms with Gasteiger partial charge in [0.15, 0.2) is 0 Å². The standard InChI is InChI=1S/C11H15NOS/c1-9(2)8-12-11(13)6-5-10-4-3-7-14-10/h3-7,9H,8H2,1-2H3,(H,12,13)/b6-5+. The number of hydrogen-bond donors (Lipinski definition) is 1. The van der Waals surface area contributed by atoms with Crippen LogP contribution in [0.3, 0.4) is 0 Å². The fraction of sp³-hybridized carbons (Fsp3) is 0.364. The summed E-state index contributed by atoms with van der Waals surface area (Å²) >= 11 is 1.62. The molecule has 0 aliphatic heterocycles. The van der Waals surface area contributed by atoms with Crippen LogP contribution in [0.4, 0.5) is 0 Å². The summed E-state index contributed by atoms with van der Waals surface area (Å²) in [6.07, 6.45) is 3.41. The normalized spacial score (nSPS) is 11.1. The van der Waals surface area contributed by atoms with Crippen molar-refractivity contribution in [2.45, 2.75) is 13.8 Å². The zero-order valence-corrected chi connectivity index (χ0v) is 9.30. The summed E-state index contributed by atoms with van der Waals surface area (Å²) in [4.78, 5) is 12.4. The van der Waals surface area contributed by atoms with Crippen molar-refractivity contribution in [1.82, 2.24) is 5.32 Å². The lowest BCUT2D eigenvalue weighted by Gasteiger charge is -2.03. The topological polar surface area (TPSA) is 29.1 Å². The molecule has 1 heterocycles. The van der Waals surface area contributed by atoms with E-state index in [2.05, 4.69) is 19.2 Å². The predicted molar refractivity (Wildman–Crippen MR) is 61.2 cm³/mol. The Hall–Kier alpha value is -1.09. The molecule has 0 aromatic carbocycles. The van der Waals surface area contributed by atoms with Gasteiger partial charge in [0.05, 0.1) is 0 Å². The lowest BCUT2D eigenvalue weighted by Crippen LogP contribution is -2.25. The summed E-state index contributed by atoms with van der Waals surface area (Å²) in [6, 6.07) is 3.95. The fourth-order valence-electron chi connectivity index (χ4n) is 0.908. The van der Waals surface area contributed by atoms with E-state index in [9.17, 15) is 4.79 Å². The summed E-state index contributed by atoms with van der Waals surface area (Å²) in [5, 5.41) is 4.82. The Bertz CT molecular complexity index is 301. The minimum Gasteiger partial charge on any atom is -0.352 e. The van der Waals surface area contributed by atoms with Crippen molar-refractivity contribution in [2.75, 3.05) is 6.54 Å². The molecule has 0 bridgehead atoms. The van der Waals surface area contributed by atoms with Gasteiger partial charge in [0, 0.05) is 17.5 Å². The third-order valence-corrected chi connectivity index (χ3v) is 2.46. The van der Waals surface area contributed by atoms with E-state index in [0.29, 0.717) is 5.92 Å². The van der Waals surface area contributed by atoms with Crippen molar-refractivity contribution in [2.24, 2.45) is 5.92 Å². The SMILES string of the molecule is CC(C)CNC(=O)/C=C/c1cccs1. The summed E-state index contributed by atoms with van der Waals surface area (Å²) < 4.78 is 0. The van der Waals surface area contributed by atoms with Gasteiger partial charge < -0.3 is 5.32 Å². The molecule has 0 atom stereocenters. The Morgan fingerprint density at radius 2 is 2.43 bits per heavy atom. The van der Waals surface area contributed by atoms with Gasteiger partial charge in [0.1, 0.15) is 0 Å². The van der Waals surface area contributed by atoms with Crippen LogP contribution in [0.1, 0.15) is 18.7 Å². The average molecular weight is 209 g/mol. The Labute approximate surface area is 88.6 Å². The van der Waals surface area contributed by atoms with Crippen LogP contribution in [0, 0.1) is 5.92 Å². The molecule has 1 N–H and O–H groups in total. The maximum absolute atomic E-state index is 11.2. The lowest BCUT2D eigenvalue weighted by molar-refractivity contribution is -0.116. The van der Waals surface area contributed by atoms with Gasteiger partial charge in [-0.25, -0.2) is 0 Å². The Morgan fingerprint density at radius 1 is 1.64 bits per heavy atom. The molecule has 0 radical (unpaired) electrons. The molecule has 0 saturated carbocycles. The van der Waals surface area contributed by atoms with Crippen LogP contribution in [0.25, 0.3) is 6.08 Å². The van der Waals surface area contributed by atoms with Crippen LogP contribution in [0.5, 0.6) is 0 Å². The van der Waals surface area contributed by atoms with E-state index < -0.39 is 0 Å². The van der Waals surface area contributed by atoms with Gasteiger partial charge in [0.2, 0.25) is 5.91 Å². The van der Waals surface area contributed by atoms with E-state index in [-0.39, 0.29) is 5.91 Å². The van der Waals surface area contributed by atoms with Crippen molar-refractivity contribution in [3.05, 3.63) is 28.5 Å². The quantitative estimate of drug-likeness (QED) is 0.759.